The van der Waals surface area contributed by atoms with E-state index in [-0.39, 0.29) is 0 Å². The maximum Gasteiger partial charge on any atom is 0.172 e. The number of hydrogen-bond acceptors (Lipinski definition) is 3. The Labute approximate surface area is 64.3 Å². The fourth-order valence-corrected chi connectivity index (χ4v) is 1.88. The molecule has 2 aliphatic rings. The smallest absolute Gasteiger partial charge is 0.172 e. The Hall–Kier alpha value is -0.700. The van der Waals surface area contributed by atoms with Gasteiger partial charge in [-0.1, -0.05) is 11.8 Å². The standard InChI is InChI=1S/C7H8N2S/c1-6-5-10-7-8-3-2-4-9(6)7/h2-3,5H,4H2,1H3. The second-order valence-corrected chi connectivity index (χ2v) is 3.12. The summed E-state index contributed by atoms with van der Waals surface area (Å²) in [5.74, 6) is 0. The highest BCUT2D eigenvalue weighted by molar-refractivity contribution is 8.16. The summed E-state index contributed by atoms with van der Waals surface area (Å²) in [5, 5.41) is 3.24. The average Bonchev–Trinajstić information content (AvgIpc) is 2.34. The van der Waals surface area contributed by atoms with Crippen LogP contribution in [0.2, 0.25) is 0 Å². The second-order valence-electron chi connectivity index (χ2n) is 2.28. The first-order chi connectivity index (χ1) is 4.88. The van der Waals surface area contributed by atoms with Crippen LogP contribution in [0, 0.1) is 0 Å². The molecular formula is C7H8N2S. The predicted octanol–water partition coefficient (Wildman–Crippen LogP) is 1.78. The lowest BCUT2D eigenvalue weighted by atomic mass is 10.4. The third-order valence-corrected chi connectivity index (χ3v) is 2.57. The van der Waals surface area contributed by atoms with E-state index in [1.807, 2.05) is 6.20 Å². The van der Waals surface area contributed by atoms with Gasteiger partial charge >= 0.3 is 0 Å². The summed E-state index contributed by atoms with van der Waals surface area (Å²) in [6.07, 6.45) is 3.93. The molecule has 3 heteroatoms. The first kappa shape index (κ1) is 6.04. The molecule has 2 heterocycles. The molecule has 0 aromatic heterocycles. The van der Waals surface area contributed by atoms with Crippen LogP contribution in [0.1, 0.15) is 6.92 Å². The number of allylic oxidation sites excluding steroid dienone is 1. The molecule has 2 aliphatic heterocycles. The predicted molar refractivity (Wildman–Crippen MR) is 44.6 cm³/mol. The topological polar surface area (TPSA) is 15.6 Å². The van der Waals surface area contributed by atoms with Crippen LogP contribution in [0.15, 0.2) is 28.4 Å². The zero-order valence-corrected chi connectivity index (χ0v) is 6.56. The van der Waals surface area contributed by atoms with Crippen molar-refractivity contribution in [2.45, 2.75) is 6.92 Å². The van der Waals surface area contributed by atoms with Crippen molar-refractivity contribution in [3.8, 4) is 0 Å². The summed E-state index contributed by atoms with van der Waals surface area (Å²) in [6.45, 7) is 3.09. The first-order valence-electron chi connectivity index (χ1n) is 3.22. The van der Waals surface area contributed by atoms with Crippen molar-refractivity contribution in [1.82, 2.24) is 4.90 Å². The molecule has 0 fully saturated rings. The summed E-state index contributed by atoms with van der Waals surface area (Å²) < 4.78 is 0. The zero-order chi connectivity index (χ0) is 6.97. The Morgan fingerprint density at radius 1 is 1.70 bits per heavy atom. The van der Waals surface area contributed by atoms with Gasteiger partial charge in [-0.2, -0.15) is 0 Å². The molecule has 2 rings (SSSR count). The van der Waals surface area contributed by atoms with Crippen LogP contribution < -0.4 is 0 Å². The van der Waals surface area contributed by atoms with E-state index in [1.54, 1.807) is 11.8 Å². The van der Waals surface area contributed by atoms with E-state index in [1.165, 1.54) is 5.70 Å². The van der Waals surface area contributed by atoms with Gasteiger partial charge < -0.3 is 4.90 Å². The maximum absolute atomic E-state index is 4.21. The van der Waals surface area contributed by atoms with E-state index >= 15 is 0 Å². The van der Waals surface area contributed by atoms with Crippen molar-refractivity contribution < 1.29 is 0 Å². The Kier molecular flexibility index (Phi) is 1.31. The summed E-state index contributed by atoms with van der Waals surface area (Å²) in [5.41, 5.74) is 1.30. The van der Waals surface area contributed by atoms with Crippen molar-refractivity contribution in [3.63, 3.8) is 0 Å². The maximum atomic E-state index is 4.21. The largest absolute Gasteiger partial charge is 0.320 e. The highest BCUT2D eigenvalue weighted by atomic mass is 32.2. The SMILES string of the molecule is CC1=CSC2=NC=CCN12. The van der Waals surface area contributed by atoms with Crippen LogP contribution in [-0.4, -0.2) is 16.6 Å². The van der Waals surface area contributed by atoms with E-state index in [4.69, 9.17) is 0 Å². The number of thioether (sulfide) groups is 1. The van der Waals surface area contributed by atoms with E-state index in [9.17, 15) is 0 Å². The minimum atomic E-state index is 0.980. The Balaban J connectivity index is 2.30. The Morgan fingerprint density at radius 2 is 2.60 bits per heavy atom. The molecule has 0 bridgehead atoms. The molecule has 10 heavy (non-hydrogen) atoms. The van der Waals surface area contributed by atoms with Gasteiger partial charge in [0.25, 0.3) is 0 Å². The second kappa shape index (κ2) is 2.16. The van der Waals surface area contributed by atoms with Crippen molar-refractivity contribution in [1.29, 1.82) is 0 Å². The fourth-order valence-electron chi connectivity index (χ4n) is 1.01. The average molecular weight is 152 g/mol. The molecular weight excluding hydrogens is 144 g/mol. The number of nitrogens with zero attached hydrogens (tertiary/aromatic N) is 2. The minimum absolute atomic E-state index is 0.980. The highest BCUT2D eigenvalue weighted by Crippen LogP contribution is 2.27. The minimum Gasteiger partial charge on any atom is -0.320 e. The van der Waals surface area contributed by atoms with Gasteiger partial charge in [-0.25, -0.2) is 4.99 Å². The molecule has 52 valence electrons. The normalized spacial score (nSPS) is 22.3. The van der Waals surface area contributed by atoms with Gasteiger partial charge in [0, 0.05) is 18.4 Å². The van der Waals surface area contributed by atoms with Crippen LogP contribution in [0.3, 0.4) is 0 Å². The molecule has 2 nitrogen and oxygen atoms in total. The van der Waals surface area contributed by atoms with Crippen LogP contribution in [0.5, 0.6) is 0 Å². The molecule has 0 atom stereocenters. The lowest BCUT2D eigenvalue weighted by Gasteiger charge is -2.19. The molecule has 0 amide bonds. The van der Waals surface area contributed by atoms with E-state index in [0.717, 1.165) is 11.7 Å². The number of fused-ring (bicyclic) bond motifs is 1. The molecule has 0 saturated heterocycles. The number of hydrogen-bond donors (Lipinski definition) is 0. The van der Waals surface area contributed by atoms with Gasteiger partial charge in [0.2, 0.25) is 0 Å². The van der Waals surface area contributed by atoms with Crippen molar-refractivity contribution in [3.05, 3.63) is 23.4 Å². The lowest BCUT2D eigenvalue weighted by molar-refractivity contribution is 0.581. The van der Waals surface area contributed by atoms with E-state index in [2.05, 4.69) is 28.3 Å². The fraction of sp³-hybridized carbons (Fsp3) is 0.286. The van der Waals surface area contributed by atoms with Crippen LogP contribution in [0.25, 0.3) is 0 Å². The van der Waals surface area contributed by atoms with Crippen molar-refractivity contribution >= 4 is 16.9 Å². The van der Waals surface area contributed by atoms with Gasteiger partial charge in [0.15, 0.2) is 5.17 Å². The molecule has 0 radical (unpaired) electrons. The Bertz CT molecular complexity index is 240. The van der Waals surface area contributed by atoms with Crippen molar-refractivity contribution in [2.75, 3.05) is 6.54 Å². The summed E-state index contributed by atoms with van der Waals surface area (Å²) in [6, 6.07) is 0. The van der Waals surface area contributed by atoms with Gasteiger partial charge in [0.05, 0.1) is 0 Å². The summed E-state index contributed by atoms with van der Waals surface area (Å²) in [7, 11) is 0. The van der Waals surface area contributed by atoms with Gasteiger partial charge in [-0.3, -0.25) is 0 Å². The van der Waals surface area contributed by atoms with E-state index in [0.29, 0.717) is 0 Å². The van der Waals surface area contributed by atoms with Gasteiger partial charge in [0.1, 0.15) is 0 Å². The first-order valence-corrected chi connectivity index (χ1v) is 4.09. The molecule has 0 N–H and O–H groups in total. The van der Waals surface area contributed by atoms with Crippen LogP contribution in [-0.2, 0) is 0 Å². The third kappa shape index (κ3) is 0.778. The van der Waals surface area contributed by atoms with Gasteiger partial charge in [-0.05, 0) is 18.4 Å². The van der Waals surface area contributed by atoms with Gasteiger partial charge in [-0.15, -0.1) is 0 Å². The lowest BCUT2D eigenvalue weighted by Crippen LogP contribution is -2.24. The zero-order valence-electron chi connectivity index (χ0n) is 5.74. The van der Waals surface area contributed by atoms with Crippen molar-refractivity contribution in [2.24, 2.45) is 4.99 Å². The molecule has 0 spiro atoms. The molecule has 0 aromatic carbocycles. The van der Waals surface area contributed by atoms with Crippen LogP contribution >= 0.6 is 11.8 Å². The molecule has 0 unspecified atom stereocenters. The number of amidine groups is 1. The van der Waals surface area contributed by atoms with E-state index < -0.39 is 0 Å². The third-order valence-electron chi connectivity index (χ3n) is 1.57. The quantitative estimate of drug-likeness (QED) is 0.526. The summed E-state index contributed by atoms with van der Waals surface area (Å²) in [4.78, 5) is 6.41. The Morgan fingerprint density at radius 3 is 3.40 bits per heavy atom. The monoisotopic (exact) mass is 152 g/mol. The number of rotatable bonds is 0. The van der Waals surface area contributed by atoms with Crippen LogP contribution in [0.4, 0.5) is 0 Å². The highest BCUT2D eigenvalue weighted by Gasteiger charge is 2.19. The molecule has 0 aliphatic carbocycles. The summed E-state index contributed by atoms with van der Waals surface area (Å²) >= 11 is 1.70. The molecule has 0 saturated carbocycles. The molecule has 0 aromatic rings. The number of aliphatic imine (C=N–C) groups is 1.